The quantitative estimate of drug-likeness (QED) is 0.376. The lowest BCUT2D eigenvalue weighted by Crippen LogP contribution is -2.45. The van der Waals surface area contributed by atoms with Crippen molar-refractivity contribution >= 4 is 5.97 Å². The van der Waals surface area contributed by atoms with Crippen molar-refractivity contribution in [2.75, 3.05) is 0 Å². The number of hydrogen-bond acceptors (Lipinski definition) is 3. The maximum Gasteiger partial charge on any atom is 0.434 e. The molecule has 106 valence electrons. The second kappa shape index (κ2) is 5.40. The fourth-order valence-corrected chi connectivity index (χ4v) is 0.653. The lowest BCUT2D eigenvalue weighted by atomic mass is 10.3. The van der Waals surface area contributed by atoms with E-state index in [4.69, 9.17) is 5.11 Å². The zero-order chi connectivity index (χ0) is 14.7. The number of rotatable bonds is 3. The molecule has 0 heterocycles. The highest BCUT2D eigenvalue weighted by Gasteiger charge is 2.59. The van der Waals surface area contributed by atoms with Gasteiger partial charge in [-0.15, -0.1) is 0 Å². The Labute approximate surface area is 93.6 Å². The maximum atomic E-state index is 11.8. The highest BCUT2D eigenvalue weighted by molar-refractivity contribution is 5.82. The molecule has 0 aliphatic heterocycles. The van der Waals surface area contributed by atoms with Crippen molar-refractivity contribution in [3.05, 3.63) is 11.8 Å². The summed E-state index contributed by atoms with van der Waals surface area (Å²) in [6, 6.07) is 0. The Hall–Kier alpha value is -1.55. The second-order valence-corrected chi connectivity index (χ2v) is 2.77. The number of aliphatic hydroxyl groups excluding tert-OH is 1. The van der Waals surface area contributed by atoms with E-state index >= 15 is 0 Å². The molecule has 0 unspecified atom stereocenters. The van der Waals surface area contributed by atoms with Crippen molar-refractivity contribution in [2.45, 2.75) is 24.9 Å². The topological polar surface area (TPSA) is 46.5 Å². The largest absolute Gasteiger partial charge is 0.506 e. The van der Waals surface area contributed by atoms with E-state index < -0.39 is 42.7 Å². The fraction of sp³-hybridized carbons (Fsp3) is 0.571. The molecule has 0 fully saturated rings. The van der Waals surface area contributed by atoms with Crippen molar-refractivity contribution in [3.63, 3.8) is 0 Å². The first-order valence-electron chi connectivity index (χ1n) is 3.88. The van der Waals surface area contributed by atoms with Gasteiger partial charge in [-0.2, -0.15) is 26.3 Å². The summed E-state index contributed by atoms with van der Waals surface area (Å²) in [4.78, 5) is 10.5. The first kappa shape index (κ1) is 16.4. The molecule has 0 aromatic rings. The average molecular weight is 288 g/mol. The summed E-state index contributed by atoms with van der Waals surface area (Å²) in [6.45, 7) is 0. The summed E-state index contributed by atoms with van der Waals surface area (Å²) in [5, 5.41) is 8.26. The van der Waals surface area contributed by atoms with E-state index in [9.17, 15) is 39.9 Å². The molecule has 1 N–H and O–H groups in total. The molecular formula is C7H4F8O3. The molecule has 0 spiro atoms. The molecule has 0 aromatic carbocycles. The molecule has 0 rings (SSSR count). The van der Waals surface area contributed by atoms with Crippen LogP contribution in [-0.4, -0.2) is 36.0 Å². The molecule has 0 saturated heterocycles. The van der Waals surface area contributed by atoms with Crippen LogP contribution in [0.5, 0.6) is 0 Å². The number of esters is 1. The first-order chi connectivity index (χ1) is 7.85. The van der Waals surface area contributed by atoms with Crippen LogP contribution in [0.4, 0.5) is 35.1 Å². The van der Waals surface area contributed by atoms with Crippen molar-refractivity contribution < 1.29 is 49.8 Å². The summed E-state index contributed by atoms with van der Waals surface area (Å²) in [7, 11) is 0. The van der Waals surface area contributed by atoms with E-state index in [1.165, 1.54) is 0 Å². The van der Waals surface area contributed by atoms with Crippen molar-refractivity contribution in [1.29, 1.82) is 0 Å². The molecular weight excluding hydrogens is 284 g/mol. The third-order valence-electron chi connectivity index (χ3n) is 1.32. The Morgan fingerprint density at radius 1 is 1.06 bits per heavy atom. The lowest BCUT2D eigenvalue weighted by molar-refractivity contribution is -0.312. The molecule has 0 amide bonds. The predicted octanol–water partition coefficient (Wildman–Crippen LogP) is 2.73. The van der Waals surface area contributed by atoms with Gasteiger partial charge < -0.3 is 9.84 Å². The van der Waals surface area contributed by atoms with E-state index in [1.807, 2.05) is 0 Å². The Morgan fingerprint density at radius 3 is 1.72 bits per heavy atom. The molecule has 0 aliphatic carbocycles. The molecule has 11 heteroatoms. The summed E-state index contributed by atoms with van der Waals surface area (Å²) in [5.74, 6) is -4.41. The van der Waals surface area contributed by atoms with Gasteiger partial charge in [-0.1, -0.05) is 0 Å². The fourth-order valence-electron chi connectivity index (χ4n) is 0.653. The van der Waals surface area contributed by atoms with E-state index in [0.29, 0.717) is 0 Å². The number of hydrogen-bond donors (Lipinski definition) is 1. The van der Waals surface area contributed by atoms with Crippen molar-refractivity contribution in [2.24, 2.45) is 0 Å². The Kier molecular flexibility index (Phi) is 4.93. The highest BCUT2D eigenvalue weighted by Crippen LogP contribution is 2.35. The SMILES string of the molecule is O=C(/C=C(\O)C(F)F)OC(C(F)(F)F)C(F)(F)F. The van der Waals surface area contributed by atoms with E-state index in [2.05, 4.69) is 4.74 Å². The summed E-state index contributed by atoms with van der Waals surface area (Å²) in [6.07, 6.45) is -20.6. The van der Waals surface area contributed by atoms with Gasteiger partial charge in [0.05, 0.1) is 6.08 Å². The third kappa shape index (κ3) is 5.19. The normalized spacial score (nSPS) is 14.2. The van der Waals surface area contributed by atoms with Crippen LogP contribution in [0.2, 0.25) is 0 Å². The van der Waals surface area contributed by atoms with Crippen LogP contribution < -0.4 is 0 Å². The Bertz CT molecular complexity index is 315. The van der Waals surface area contributed by atoms with E-state index in [1.54, 1.807) is 0 Å². The third-order valence-corrected chi connectivity index (χ3v) is 1.32. The predicted molar refractivity (Wildman–Crippen MR) is 38.7 cm³/mol. The molecule has 0 radical (unpaired) electrons. The average Bonchev–Trinajstić information content (AvgIpc) is 2.10. The number of carbonyl (C=O) groups is 1. The second-order valence-electron chi connectivity index (χ2n) is 2.77. The van der Waals surface area contributed by atoms with Gasteiger partial charge in [0.25, 0.3) is 12.5 Å². The summed E-state index contributed by atoms with van der Waals surface area (Å²) in [5.41, 5.74) is 0. The minimum atomic E-state index is -5.96. The van der Waals surface area contributed by atoms with E-state index in [-0.39, 0.29) is 0 Å². The number of aliphatic hydroxyl groups is 1. The maximum absolute atomic E-state index is 11.8. The van der Waals surface area contributed by atoms with Crippen LogP contribution in [0.15, 0.2) is 11.8 Å². The highest BCUT2D eigenvalue weighted by atomic mass is 19.4. The van der Waals surface area contributed by atoms with Gasteiger partial charge >= 0.3 is 18.3 Å². The van der Waals surface area contributed by atoms with Crippen LogP contribution in [0.25, 0.3) is 0 Å². The lowest BCUT2D eigenvalue weighted by Gasteiger charge is -2.22. The zero-order valence-electron chi connectivity index (χ0n) is 8.02. The first-order valence-corrected chi connectivity index (χ1v) is 3.88. The Balaban J connectivity index is 4.94. The molecule has 0 aliphatic rings. The van der Waals surface area contributed by atoms with Crippen LogP contribution in [0.3, 0.4) is 0 Å². The van der Waals surface area contributed by atoms with Crippen LogP contribution in [-0.2, 0) is 9.53 Å². The molecule has 18 heavy (non-hydrogen) atoms. The molecule has 0 aromatic heterocycles. The van der Waals surface area contributed by atoms with Gasteiger partial charge in [0.1, 0.15) is 0 Å². The molecule has 0 atom stereocenters. The smallest absolute Gasteiger partial charge is 0.434 e. The standard InChI is InChI=1S/C7H4F8O3/c8-4(9)2(16)1-3(17)18-5(6(10,11)12)7(13,14)15/h1,4-5,16H/b2-1-. The van der Waals surface area contributed by atoms with Gasteiger partial charge in [-0.25, -0.2) is 13.6 Å². The molecule has 3 nitrogen and oxygen atoms in total. The van der Waals surface area contributed by atoms with Crippen LogP contribution >= 0.6 is 0 Å². The van der Waals surface area contributed by atoms with Crippen LogP contribution in [0, 0.1) is 0 Å². The van der Waals surface area contributed by atoms with Crippen molar-refractivity contribution in [1.82, 2.24) is 0 Å². The minimum absolute atomic E-state index is 0.574. The number of alkyl halides is 8. The summed E-state index contributed by atoms with van der Waals surface area (Å²) >= 11 is 0. The minimum Gasteiger partial charge on any atom is -0.506 e. The van der Waals surface area contributed by atoms with Crippen molar-refractivity contribution in [3.8, 4) is 0 Å². The number of allylic oxidation sites excluding steroid dienone is 1. The number of ether oxygens (including phenoxy) is 1. The monoisotopic (exact) mass is 288 g/mol. The molecule has 0 bridgehead atoms. The van der Waals surface area contributed by atoms with E-state index in [0.717, 1.165) is 0 Å². The summed E-state index contributed by atoms with van der Waals surface area (Å²) < 4.78 is 97.3. The van der Waals surface area contributed by atoms with Gasteiger partial charge in [0.2, 0.25) is 0 Å². The van der Waals surface area contributed by atoms with Crippen LogP contribution in [0.1, 0.15) is 0 Å². The number of carbonyl (C=O) groups excluding carboxylic acids is 1. The van der Waals surface area contributed by atoms with Gasteiger partial charge in [-0.05, 0) is 0 Å². The Morgan fingerprint density at radius 2 is 1.44 bits per heavy atom. The van der Waals surface area contributed by atoms with Gasteiger partial charge in [0.15, 0.2) is 5.76 Å². The van der Waals surface area contributed by atoms with Gasteiger partial charge in [-0.3, -0.25) is 0 Å². The zero-order valence-corrected chi connectivity index (χ0v) is 8.02. The van der Waals surface area contributed by atoms with Gasteiger partial charge in [0, 0.05) is 0 Å². The number of halogens is 8. The molecule has 0 saturated carbocycles.